The van der Waals surface area contributed by atoms with E-state index in [-0.39, 0.29) is 34.0 Å². The average molecular weight is 590 g/mol. The normalized spacial score (nSPS) is 22.9. The number of hydrogen-bond donors (Lipinski definition) is 1. The van der Waals surface area contributed by atoms with Crippen molar-refractivity contribution in [1.29, 1.82) is 0 Å². The third-order valence-corrected chi connectivity index (χ3v) is 8.05. The summed E-state index contributed by atoms with van der Waals surface area (Å²) in [6, 6.07) is 10.2. The Hall–Kier alpha value is -2.72. The number of rotatable bonds is 7. The fraction of sp³-hybridized carbons (Fsp3) is 0.321. The van der Waals surface area contributed by atoms with Crippen molar-refractivity contribution in [3.8, 4) is 0 Å². The van der Waals surface area contributed by atoms with Crippen molar-refractivity contribution in [2.75, 3.05) is 16.5 Å². The number of carbonyl (C=O) groups is 2. The van der Waals surface area contributed by atoms with Crippen LogP contribution in [0.15, 0.2) is 64.8 Å². The van der Waals surface area contributed by atoms with Gasteiger partial charge in [0.15, 0.2) is 6.10 Å². The van der Waals surface area contributed by atoms with E-state index >= 15 is 0 Å². The Labute approximate surface area is 241 Å². The van der Waals surface area contributed by atoms with Gasteiger partial charge in [0.25, 0.3) is 11.8 Å². The minimum absolute atomic E-state index is 0.0607. The fourth-order valence-corrected chi connectivity index (χ4v) is 6.17. The first-order valence-corrected chi connectivity index (χ1v) is 13.6. The number of halogens is 3. The number of amides is 2. The molecule has 0 bridgehead atoms. The summed E-state index contributed by atoms with van der Waals surface area (Å²) < 4.78 is 6.00. The number of hydrazone groups is 1. The zero-order valence-corrected chi connectivity index (χ0v) is 23.8. The van der Waals surface area contributed by atoms with Crippen molar-refractivity contribution in [3.05, 3.63) is 80.3 Å². The molecule has 1 saturated heterocycles. The second kappa shape index (κ2) is 10.7. The van der Waals surface area contributed by atoms with E-state index in [2.05, 4.69) is 17.3 Å². The number of carbonyl (C=O) groups excluding carboxylic acids is 2. The van der Waals surface area contributed by atoms with Crippen LogP contribution in [0.5, 0.6) is 0 Å². The van der Waals surface area contributed by atoms with E-state index in [9.17, 15) is 9.59 Å². The first-order chi connectivity index (χ1) is 18.6. The summed E-state index contributed by atoms with van der Waals surface area (Å²) in [5.74, 6) is 5.23. The number of nitrogens with two attached hydrogens (primary N) is 1. The molecule has 8 nitrogen and oxygen atoms in total. The predicted molar refractivity (Wildman–Crippen MR) is 153 cm³/mol. The third kappa shape index (κ3) is 5.01. The SMILES string of the molecule is CCN(C(=O)C1OC12CC=C(C)C=C2C)c1cccc(C(ON)C2=NN(c3c(Cl)cc(Cl)cc3Cl)C(=O)C2)c1. The van der Waals surface area contributed by atoms with Crippen molar-refractivity contribution in [2.45, 2.75) is 51.4 Å². The molecule has 3 atom stereocenters. The van der Waals surface area contributed by atoms with Gasteiger partial charge in [-0.1, -0.05) is 64.7 Å². The summed E-state index contributed by atoms with van der Waals surface area (Å²) in [6.07, 6.45) is 3.37. The molecule has 11 heteroatoms. The van der Waals surface area contributed by atoms with Gasteiger partial charge in [0.1, 0.15) is 17.4 Å². The van der Waals surface area contributed by atoms with Gasteiger partial charge in [0, 0.05) is 23.7 Å². The molecule has 2 heterocycles. The largest absolute Gasteiger partial charge is 0.350 e. The minimum atomic E-state index is -0.849. The molecule has 2 aliphatic heterocycles. The van der Waals surface area contributed by atoms with Crippen molar-refractivity contribution in [1.82, 2.24) is 0 Å². The standard InChI is InChI=1S/C28H27Cl3N4O4/c1-4-34(27(37)26-28(38-26)9-8-15(2)10-16(28)3)19-7-5-6-17(11-19)25(39-32)22-14-23(36)35(33-22)24-20(30)12-18(29)13-21(24)31/h5-8,10-13,25-26H,4,9,14,32H2,1-3H3. The van der Waals surface area contributed by atoms with Crippen molar-refractivity contribution < 1.29 is 19.2 Å². The zero-order chi connectivity index (χ0) is 28.1. The Balaban J connectivity index is 1.40. The maximum Gasteiger partial charge on any atom is 0.259 e. The highest BCUT2D eigenvalue weighted by atomic mass is 35.5. The molecule has 3 aliphatic rings. The Kier molecular flexibility index (Phi) is 7.63. The lowest BCUT2D eigenvalue weighted by atomic mass is 9.86. The summed E-state index contributed by atoms with van der Waals surface area (Å²) in [6.45, 7) is 6.38. The van der Waals surface area contributed by atoms with Crippen LogP contribution in [-0.4, -0.2) is 35.8 Å². The molecule has 2 N–H and O–H groups in total. The molecule has 2 aromatic carbocycles. The number of hydrogen-bond acceptors (Lipinski definition) is 6. The lowest BCUT2D eigenvalue weighted by Gasteiger charge is -2.24. The molecule has 5 rings (SSSR count). The number of likely N-dealkylation sites (N-methyl/N-ethyl adjacent to an activating group) is 1. The fourth-order valence-electron chi connectivity index (χ4n) is 5.20. The van der Waals surface area contributed by atoms with Crippen LogP contribution >= 0.6 is 34.8 Å². The Morgan fingerprint density at radius 2 is 1.97 bits per heavy atom. The van der Waals surface area contributed by atoms with Gasteiger partial charge in [-0.05, 0) is 56.2 Å². The third-order valence-electron chi connectivity index (χ3n) is 7.25. The number of allylic oxidation sites excluding steroid dienone is 2. The van der Waals surface area contributed by atoms with Gasteiger partial charge < -0.3 is 9.64 Å². The summed E-state index contributed by atoms with van der Waals surface area (Å²) in [4.78, 5) is 33.4. The van der Waals surface area contributed by atoms with Gasteiger partial charge in [-0.25, -0.2) is 5.90 Å². The van der Waals surface area contributed by atoms with Gasteiger partial charge >= 0.3 is 0 Å². The van der Waals surface area contributed by atoms with Crippen LogP contribution in [-0.2, 0) is 19.2 Å². The molecule has 3 unspecified atom stereocenters. The van der Waals surface area contributed by atoms with Gasteiger partial charge in [0.2, 0.25) is 0 Å². The quantitative estimate of drug-likeness (QED) is 0.308. The van der Waals surface area contributed by atoms with E-state index in [4.69, 9.17) is 50.3 Å². The van der Waals surface area contributed by atoms with Crippen LogP contribution < -0.4 is 15.8 Å². The molecule has 1 spiro atoms. The maximum absolute atomic E-state index is 13.6. The summed E-state index contributed by atoms with van der Waals surface area (Å²) in [7, 11) is 0. The van der Waals surface area contributed by atoms with Gasteiger partial charge in [-0.15, -0.1) is 0 Å². The number of benzene rings is 2. The smallest absolute Gasteiger partial charge is 0.259 e. The lowest BCUT2D eigenvalue weighted by molar-refractivity contribution is -0.120. The monoisotopic (exact) mass is 588 g/mol. The van der Waals surface area contributed by atoms with Crippen LogP contribution in [0.4, 0.5) is 11.4 Å². The first-order valence-electron chi connectivity index (χ1n) is 12.4. The minimum Gasteiger partial charge on any atom is -0.350 e. The Bertz CT molecular complexity index is 1430. The van der Waals surface area contributed by atoms with E-state index in [1.54, 1.807) is 23.1 Å². The van der Waals surface area contributed by atoms with Crippen LogP contribution in [0.25, 0.3) is 0 Å². The van der Waals surface area contributed by atoms with E-state index in [1.165, 1.54) is 17.7 Å². The van der Waals surface area contributed by atoms with Gasteiger partial charge in [-0.3, -0.25) is 14.4 Å². The van der Waals surface area contributed by atoms with Gasteiger partial charge in [-0.2, -0.15) is 10.1 Å². The molecule has 0 aromatic heterocycles. The molecule has 0 saturated carbocycles. The second-order valence-corrected chi connectivity index (χ2v) is 11.0. The van der Waals surface area contributed by atoms with E-state index in [0.717, 1.165) is 10.6 Å². The summed E-state index contributed by atoms with van der Waals surface area (Å²) in [5.41, 5.74) is 3.52. The maximum atomic E-state index is 13.6. The first kappa shape index (κ1) is 27.8. The molecule has 2 amide bonds. The molecule has 39 heavy (non-hydrogen) atoms. The molecule has 1 fully saturated rings. The number of nitrogens with zero attached hydrogens (tertiary/aromatic N) is 3. The zero-order valence-electron chi connectivity index (χ0n) is 21.6. The topological polar surface area (TPSA) is 101 Å². The highest BCUT2D eigenvalue weighted by Crippen LogP contribution is 2.49. The molecule has 2 aromatic rings. The number of anilines is 2. The van der Waals surface area contributed by atoms with Crippen LogP contribution in [0.1, 0.15) is 45.3 Å². The molecule has 1 aliphatic carbocycles. The summed E-state index contributed by atoms with van der Waals surface area (Å²) in [5, 5.41) is 6.29. The van der Waals surface area contributed by atoms with Gasteiger partial charge in [0.05, 0.1) is 22.2 Å². The molecule has 0 radical (unpaired) electrons. The van der Waals surface area contributed by atoms with Crippen LogP contribution in [0, 0.1) is 0 Å². The lowest BCUT2D eigenvalue weighted by Crippen LogP contribution is -2.38. The second-order valence-electron chi connectivity index (χ2n) is 9.75. The summed E-state index contributed by atoms with van der Waals surface area (Å²) >= 11 is 18.7. The van der Waals surface area contributed by atoms with E-state index < -0.39 is 17.8 Å². The Morgan fingerprint density at radius 1 is 1.26 bits per heavy atom. The van der Waals surface area contributed by atoms with E-state index in [0.29, 0.717) is 35.0 Å². The van der Waals surface area contributed by atoms with Crippen molar-refractivity contribution in [3.63, 3.8) is 0 Å². The van der Waals surface area contributed by atoms with Crippen molar-refractivity contribution in [2.24, 2.45) is 11.0 Å². The molecule has 204 valence electrons. The molecular weight excluding hydrogens is 563 g/mol. The van der Waals surface area contributed by atoms with Crippen LogP contribution in [0.3, 0.4) is 0 Å². The van der Waals surface area contributed by atoms with E-state index in [1.807, 2.05) is 26.8 Å². The highest BCUT2D eigenvalue weighted by Gasteiger charge is 2.62. The van der Waals surface area contributed by atoms with Crippen LogP contribution in [0.2, 0.25) is 15.1 Å². The van der Waals surface area contributed by atoms with Crippen molar-refractivity contribution >= 4 is 63.7 Å². The number of epoxide rings is 1. The average Bonchev–Trinajstić information content (AvgIpc) is 3.51. The predicted octanol–water partition coefficient (Wildman–Crippen LogP) is 6.16. The highest BCUT2D eigenvalue weighted by molar-refractivity contribution is 6.42. The molecular formula is C28H27Cl3N4O4. The Morgan fingerprint density at radius 3 is 2.62 bits per heavy atom. The number of ether oxygens (including phenoxy) is 1.